The lowest BCUT2D eigenvalue weighted by atomic mass is 9.68. The predicted octanol–water partition coefficient (Wildman–Crippen LogP) is 4.05. The van der Waals surface area contributed by atoms with Gasteiger partial charge in [-0.15, -0.1) is 23.6 Å². The van der Waals surface area contributed by atoms with Gasteiger partial charge in [-0.3, -0.25) is 4.90 Å². The first-order chi connectivity index (χ1) is 8.16. The Labute approximate surface area is 122 Å². The van der Waals surface area contributed by atoms with Crippen LogP contribution in [0.2, 0.25) is 0 Å². The minimum atomic E-state index is 0. The molecule has 2 atom stereocenters. The Morgan fingerprint density at radius 1 is 1.39 bits per heavy atom. The number of hydrogen-bond donors (Lipinski definition) is 0. The summed E-state index contributed by atoms with van der Waals surface area (Å²) < 4.78 is 0. The highest BCUT2D eigenvalue weighted by atomic mass is 79.9. The van der Waals surface area contributed by atoms with Gasteiger partial charge < -0.3 is 0 Å². The Morgan fingerprint density at radius 3 is 2.61 bits per heavy atom. The van der Waals surface area contributed by atoms with E-state index in [2.05, 4.69) is 55.7 Å². The maximum atomic E-state index is 3.83. The number of hydrogen-bond acceptors (Lipinski definition) is 1. The second kappa shape index (κ2) is 6.53. The molecule has 0 bridgehead atoms. The number of likely N-dealkylation sites (tertiary alicyclic amines) is 1. The smallest absolute Gasteiger partial charge is 0.0160 e. The van der Waals surface area contributed by atoms with Gasteiger partial charge in [-0.2, -0.15) is 0 Å². The van der Waals surface area contributed by atoms with Crippen molar-refractivity contribution in [2.24, 2.45) is 5.92 Å². The molecule has 0 spiro atoms. The second-order valence-corrected chi connectivity index (χ2v) is 5.48. The van der Waals surface area contributed by atoms with Gasteiger partial charge in [0.1, 0.15) is 0 Å². The maximum Gasteiger partial charge on any atom is 0.0160 e. The summed E-state index contributed by atoms with van der Waals surface area (Å²) in [6, 6.07) is 11.0. The molecule has 1 nitrogen and oxygen atoms in total. The van der Waals surface area contributed by atoms with Gasteiger partial charge in [0, 0.05) is 13.1 Å². The quantitative estimate of drug-likeness (QED) is 0.761. The van der Waals surface area contributed by atoms with Gasteiger partial charge in [0.25, 0.3) is 0 Å². The molecule has 0 aromatic heterocycles. The summed E-state index contributed by atoms with van der Waals surface area (Å²) in [6.07, 6.45) is 3.25. The van der Waals surface area contributed by atoms with Gasteiger partial charge in [0.2, 0.25) is 0 Å². The van der Waals surface area contributed by atoms with E-state index in [0.717, 1.165) is 6.54 Å². The molecule has 1 saturated heterocycles. The molecule has 0 N–H and O–H groups in total. The molecular formula is C16H24BrN. The monoisotopic (exact) mass is 309 g/mol. The normalized spacial score (nSPS) is 28.4. The van der Waals surface area contributed by atoms with E-state index in [1.54, 1.807) is 0 Å². The standard InChI is InChI=1S/C16H23N.BrH/c1-4-11-17-12-10-16(3,14(2)13-17)15-8-6-5-7-9-15;/h4-9,14H,1,10-13H2,2-3H3;1H/t14-,16-;/m0./s1. The first-order valence-corrected chi connectivity index (χ1v) is 6.55. The number of rotatable bonds is 3. The third kappa shape index (κ3) is 3.04. The van der Waals surface area contributed by atoms with E-state index in [9.17, 15) is 0 Å². The van der Waals surface area contributed by atoms with E-state index in [-0.39, 0.29) is 17.0 Å². The SMILES string of the molecule is Br.C=CCN1CC[C@](C)(c2ccccc2)[C@@H](C)C1. The van der Waals surface area contributed by atoms with Crippen molar-refractivity contribution in [1.29, 1.82) is 0 Å². The van der Waals surface area contributed by atoms with Crippen molar-refractivity contribution in [3.63, 3.8) is 0 Å². The van der Waals surface area contributed by atoms with E-state index in [1.165, 1.54) is 25.1 Å². The van der Waals surface area contributed by atoms with Crippen LogP contribution in [-0.2, 0) is 5.41 Å². The lowest BCUT2D eigenvalue weighted by Gasteiger charge is -2.45. The zero-order chi connectivity index (χ0) is 12.3. The molecule has 1 heterocycles. The third-order valence-corrected chi connectivity index (χ3v) is 4.39. The van der Waals surface area contributed by atoms with Crippen LogP contribution in [0, 0.1) is 5.92 Å². The van der Waals surface area contributed by atoms with E-state index in [0.29, 0.717) is 11.3 Å². The van der Waals surface area contributed by atoms with Gasteiger partial charge in [0.15, 0.2) is 0 Å². The van der Waals surface area contributed by atoms with Crippen LogP contribution in [0.5, 0.6) is 0 Å². The van der Waals surface area contributed by atoms with Crippen LogP contribution in [0.15, 0.2) is 43.0 Å². The molecule has 0 radical (unpaired) electrons. The Balaban J connectivity index is 0.00000162. The maximum absolute atomic E-state index is 3.83. The molecule has 1 fully saturated rings. The summed E-state index contributed by atoms with van der Waals surface area (Å²) in [5, 5.41) is 0. The summed E-state index contributed by atoms with van der Waals surface area (Å²) in [5.74, 6) is 0.693. The largest absolute Gasteiger partial charge is 0.299 e. The first-order valence-electron chi connectivity index (χ1n) is 6.55. The van der Waals surface area contributed by atoms with E-state index in [1.807, 2.05) is 6.08 Å². The van der Waals surface area contributed by atoms with E-state index >= 15 is 0 Å². The molecule has 2 rings (SSSR count). The molecule has 100 valence electrons. The molecule has 0 unspecified atom stereocenters. The molecule has 1 aromatic carbocycles. The highest BCUT2D eigenvalue weighted by molar-refractivity contribution is 8.93. The summed E-state index contributed by atoms with van der Waals surface area (Å²) in [5.41, 5.74) is 1.82. The van der Waals surface area contributed by atoms with E-state index < -0.39 is 0 Å². The van der Waals surface area contributed by atoms with Crippen LogP contribution < -0.4 is 0 Å². The topological polar surface area (TPSA) is 3.24 Å². The van der Waals surface area contributed by atoms with Gasteiger partial charge in [-0.05, 0) is 29.9 Å². The molecular weight excluding hydrogens is 286 g/mol. The zero-order valence-electron chi connectivity index (χ0n) is 11.4. The van der Waals surface area contributed by atoms with Gasteiger partial charge in [-0.25, -0.2) is 0 Å². The van der Waals surface area contributed by atoms with Crippen LogP contribution in [0.3, 0.4) is 0 Å². The van der Waals surface area contributed by atoms with Crippen molar-refractivity contribution in [3.05, 3.63) is 48.6 Å². The van der Waals surface area contributed by atoms with Crippen LogP contribution in [0.4, 0.5) is 0 Å². The summed E-state index contributed by atoms with van der Waals surface area (Å²) in [6.45, 7) is 12.0. The predicted molar refractivity (Wildman–Crippen MR) is 84.5 cm³/mol. The first kappa shape index (κ1) is 15.5. The van der Waals surface area contributed by atoms with Gasteiger partial charge >= 0.3 is 0 Å². The van der Waals surface area contributed by atoms with Crippen LogP contribution >= 0.6 is 17.0 Å². The Hall–Kier alpha value is -0.600. The van der Waals surface area contributed by atoms with Crippen molar-refractivity contribution in [1.82, 2.24) is 4.90 Å². The minimum absolute atomic E-state index is 0. The number of nitrogens with zero attached hydrogens (tertiary/aromatic N) is 1. The van der Waals surface area contributed by atoms with Crippen molar-refractivity contribution in [2.45, 2.75) is 25.7 Å². The Morgan fingerprint density at radius 2 is 2.06 bits per heavy atom. The number of piperidine rings is 1. The average Bonchev–Trinajstić information content (AvgIpc) is 2.35. The Kier molecular flexibility index (Phi) is 5.61. The minimum Gasteiger partial charge on any atom is -0.299 e. The summed E-state index contributed by atoms with van der Waals surface area (Å²) >= 11 is 0. The van der Waals surface area contributed by atoms with Crippen molar-refractivity contribution >= 4 is 17.0 Å². The molecule has 0 amide bonds. The van der Waals surface area contributed by atoms with E-state index in [4.69, 9.17) is 0 Å². The van der Waals surface area contributed by atoms with Crippen LogP contribution in [0.25, 0.3) is 0 Å². The number of halogens is 1. The second-order valence-electron chi connectivity index (χ2n) is 5.48. The van der Waals surface area contributed by atoms with Crippen molar-refractivity contribution in [3.8, 4) is 0 Å². The average molecular weight is 310 g/mol. The van der Waals surface area contributed by atoms with Gasteiger partial charge in [-0.1, -0.05) is 50.3 Å². The van der Waals surface area contributed by atoms with Crippen LogP contribution in [0.1, 0.15) is 25.8 Å². The number of benzene rings is 1. The molecule has 1 aliphatic heterocycles. The fourth-order valence-corrected chi connectivity index (χ4v) is 2.91. The summed E-state index contributed by atoms with van der Waals surface area (Å²) in [7, 11) is 0. The van der Waals surface area contributed by atoms with Crippen molar-refractivity contribution in [2.75, 3.05) is 19.6 Å². The highest BCUT2D eigenvalue weighted by Crippen LogP contribution is 2.38. The fraction of sp³-hybridized carbons (Fsp3) is 0.500. The van der Waals surface area contributed by atoms with Gasteiger partial charge in [0.05, 0.1) is 0 Å². The molecule has 1 aromatic rings. The zero-order valence-corrected chi connectivity index (χ0v) is 13.1. The molecule has 2 heteroatoms. The van der Waals surface area contributed by atoms with Crippen LogP contribution in [-0.4, -0.2) is 24.5 Å². The molecule has 1 aliphatic rings. The summed E-state index contributed by atoms with van der Waals surface area (Å²) in [4.78, 5) is 2.50. The molecule has 0 saturated carbocycles. The lowest BCUT2D eigenvalue weighted by molar-refractivity contribution is 0.121. The molecule has 18 heavy (non-hydrogen) atoms. The fourth-order valence-electron chi connectivity index (χ4n) is 2.91. The third-order valence-electron chi connectivity index (χ3n) is 4.39. The lowest BCUT2D eigenvalue weighted by Crippen LogP contribution is -2.47. The highest BCUT2D eigenvalue weighted by Gasteiger charge is 2.37. The Bertz CT molecular complexity index is 376. The molecule has 0 aliphatic carbocycles. The van der Waals surface area contributed by atoms with Crippen molar-refractivity contribution < 1.29 is 0 Å².